The molecule has 0 radical (unpaired) electrons. The molecule has 82 heavy (non-hydrogen) atoms. The molecular formula is C64H52N6O10S2. The highest BCUT2D eigenvalue weighted by atomic mass is 32.2. The predicted octanol–water partition coefficient (Wildman–Crippen LogP) is 15.6. The van der Waals surface area contributed by atoms with Gasteiger partial charge in [-0.15, -0.1) is 0 Å². The van der Waals surface area contributed by atoms with Gasteiger partial charge in [0.1, 0.15) is 44.4 Å². The number of benzene rings is 8. The second-order valence-electron chi connectivity index (χ2n) is 18.7. The fourth-order valence-electron chi connectivity index (χ4n) is 8.75. The van der Waals surface area contributed by atoms with Crippen molar-refractivity contribution in [3.8, 4) is 41.0 Å². The van der Waals surface area contributed by atoms with E-state index in [0.29, 0.717) is 23.0 Å². The van der Waals surface area contributed by atoms with E-state index in [-0.39, 0.29) is 64.4 Å². The number of hydrogen-bond acceptors (Lipinski definition) is 14. The molecule has 16 nitrogen and oxygen atoms in total. The van der Waals surface area contributed by atoms with Gasteiger partial charge in [0.15, 0.2) is 0 Å². The first-order valence-electron chi connectivity index (χ1n) is 25.6. The van der Waals surface area contributed by atoms with Gasteiger partial charge in [-0.3, -0.25) is 9.11 Å². The molecule has 18 heteroatoms. The van der Waals surface area contributed by atoms with Crippen molar-refractivity contribution in [3.63, 3.8) is 0 Å². The van der Waals surface area contributed by atoms with Gasteiger partial charge in [-0.2, -0.15) is 36.8 Å². The van der Waals surface area contributed by atoms with E-state index in [1.54, 1.807) is 32.0 Å². The van der Waals surface area contributed by atoms with Crippen LogP contribution in [-0.2, 0) is 20.2 Å². The minimum atomic E-state index is -5.01. The Hall–Kier alpha value is -9.98. The van der Waals surface area contributed by atoms with E-state index < -0.39 is 30.0 Å². The van der Waals surface area contributed by atoms with Crippen LogP contribution in [0.4, 0.5) is 17.3 Å². The van der Waals surface area contributed by atoms with Crippen LogP contribution >= 0.6 is 0 Å². The highest BCUT2D eigenvalue weighted by Gasteiger charge is 2.21. The molecule has 0 unspecified atom stereocenters. The molecule has 0 saturated heterocycles. The van der Waals surface area contributed by atoms with Crippen molar-refractivity contribution in [2.75, 3.05) is 10.6 Å². The number of allylic oxidation sites excluding steroid dienone is 5. The first-order valence-corrected chi connectivity index (χ1v) is 28.5. The normalized spacial score (nSPS) is 12.4. The van der Waals surface area contributed by atoms with Crippen LogP contribution < -0.4 is 29.6 Å². The lowest BCUT2D eigenvalue weighted by Crippen LogP contribution is -2.08. The van der Waals surface area contributed by atoms with E-state index in [4.69, 9.17) is 18.9 Å². The number of aromatic nitrogens is 4. The molecular weight excluding hydrogens is 1080 g/mol. The highest BCUT2D eigenvalue weighted by Crippen LogP contribution is 2.34. The molecule has 0 atom stereocenters. The summed E-state index contributed by atoms with van der Waals surface area (Å²) in [6.45, 7) is 9.51. The van der Waals surface area contributed by atoms with Gasteiger partial charge in [-0.1, -0.05) is 153 Å². The molecule has 2 heterocycles. The summed E-state index contributed by atoms with van der Waals surface area (Å²) in [6.07, 6.45) is 7.30. The van der Waals surface area contributed by atoms with Crippen molar-refractivity contribution in [3.05, 3.63) is 245 Å². The Morgan fingerprint density at radius 1 is 0.585 bits per heavy atom. The van der Waals surface area contributed by atoms with E-state index in [0.717, 1.165) is 49.5 Å². The molecule has 0 aliphatic heterocycles. The molecule has 2 aromatic heterocycles. The van der Waals surface area contributed by atoms with Crippen molar-refractivity contribution in [1.29, 1.82) is 0 Å². The van der Waals surface area contributed by atoms with Crippen molar-refractivity contribution < 1.29 is 44.9 Å². The summed E-state index contributed by atoms with van der Waals surface area (Å²) in [4.78, 5) is 17.0. The van der Waals surface area contributed by atoms with E-state index in [1.165, 1.54) is 48.6 Å². The summed E-state index contributed by atoms with van der Waals surface area (Å²) >= 11 is 0. The predicted molar refractivity (Wildman–Crippen MR) is 321 cm³/mol. The molecule has 4 N–H and O–H groups in total. The third-order valence-electron chi connectivity index (χ3n) is 12.6. The van der Waals surface area contributed by atoms with Crippen LogP contribution in [0.1, 0.15) is 37.0 Å². The maximum Gasteiger partial charge on any atom is 0.327 e. The van der Waals surface area contributed by atoms with Crippen LogP contribution in [0.5, 0.6) is 41.0 Å². The standard InChI is InChI=1S/C64H52N6O10S2/c1-5-14-47(57(81(71,72)73)33-42(3)65-59-39-61(77-43(4)34-49-19-7-6-15-41(49)2)69-63(67-59)79-55-31-27-45-17-9-12-21-51(45)36-55)23-24-48-25-29-53(38-58(48)82(74,75)76)66-60-40-62(78-54-30-26-44-16-8-11-20-50(44)35-54)70-64(68-60)80-56-32-28-46-18-10-13-22-52(46)37-56/h6-40H,3,5H2,1-2,4H3,(H,65,67,69)(H,66,68,70)(H,71,72,73)(H,74,75,76)/b24-23+,43-34+,47-14-,57-33+. The molecule has 0 spiro atoms. The second-order valence-corrected chi connectivity index (χ2v) is 21.5. The summed E-state index contributed by atoms with van der Waals surface area (Å²) in [7, 11) is -9.95. The number of hydrogen-bond donors (Lipinski definition) is 4. The average molecular weight is 1130 g/mol. The Morgan fingerprint density at radius 2 is 1.11 bits per heavy atom. The van der Waals surface area contributed by atoms with Gasteiger partial charge in [0.25, 0.3) is 20.2 Å². The van der Waals surface area contributed by atoms with Crippen LogP contribution in [-0.4, -0.2) is 45.9 Å². The zero-order valence-corrected chi connectivity index (χ0v) is 46.0. The number of aryl methyl sites for hydroxylation is 1. The third-order valence-corrected chi connectivity index (χ3v) is 14.4. The number of fused-ring (bicyclic) bond motifs is 3. The van der Waals surface area contributed by atoms with Gasteiger partial charge in [-0.05, 0) is 136 Å². The van der Waals surface area contributed by atoms with Gasteiger partial charge in [-0.25, -0.2) is 0 Å². The molecule has 10 rings (SSSR count). The first-order chi connectivity index (χ1) is 39.5. The zero-order valence-electron chi connectivity index (χ0n) is 44.4. The second kappa shape index (κ2) is 24.2. The van der Waals surface area contributed by atoms with Crippen molar-refractivity contribution >= 4 is 82.0 Å². The largest absolute Gasteiger partial charge is 0.443 e. The fraction of sp³-hybridized carbons (Fsp3) is 0.0625. The third kappa shape index (κ3) is 14.1. The fourth-order valence-corrected chi connectivity index (χ4v) is 10.2. The Balaban J connectivity index is 0.929. The van der Waals surface area contributed by atoms with Crippen LogP contribution in [0.25, 0.3) is 44.5 Å². The van der Waals surface area contributed by atoms with Gasteiger partial charge < -0.3 is 29.6 Å². The van der Waals surface area contributed by atoms with Gasteiger partial charge in [0.05, 0.1) is 0 Å². The van der Waals surface area contributed by atoms with Crippen molar-refractivity contribution in [2.45, 2.75) is 32.1 Å². The summed E-state index contributed by atoms with van der Waals surface area (Å²) in [5.74, 6) is 2.26. The highest BCUT2D eigenvalue weighted by molar-refractivity contribution is 7.90. The van der Waals surface area contributed by atoms with Crippen molar-refractivity contribution in [1.82, 2.24) is 19.9 Å². The number of anilines is 3. The molecule has 0 fully saturated rings. The van der Waals surface area contributed by atoms with Crippen LogP contribution in [0.2, 0.25) is 0 Å². The molecule has 0 amide bonds. The smallest absolute Gasteiger partial charge is 0.327 e. The number of rotatable bonds is 20. The summed E-state index contributed by atoms with van der Waals surface area (Å²) in [5.41, 5.74) is 2.00. The molecule has 410 valence electrons. The Kier molecular flexibility index (Phi) is 16.3. The molecule has 10 aromatic rings. The van der Waals surface area contributed by atoms with E-state index in [9.17, 15) is 25.9 Å². The summed E-state index contributed by atoms with van der Waals surface area (Å²) < 4.78 is 98.8. The topological polar surface area (TPSA) is 221 Å². The lowest BCUT2D eigenvalue weighted by molar-refractivity contribution is 0.390. The van der Waals surface area contributed by atoms with Gasteiger partial charge in [0.2, 0.25) is 11.8 Å². The van der Waals surface area contributed by atoms with E-state index >= 15 is 0 Å². The molecule has 0 saturated carbocycles. The molecule has 0 aliphatic rings. The molecule has 0 aliphatic carbocycles. The zero-order chi connectivity index (χ0) is 57.4. The van der Waals surface area contributed by atoms with E-state index in [1.807, 2.05) is 146 Å². The van der Waals surface area contributed by atoms with Crippen LogP contribution in [0, 0.1) is 6.92 Å². The Bertz CT molecular complexity index is 4370. The lowest BCUT2D eigenvalue weighted by Gasteiger charge is -2.14. The Morgan fingerprint density at radius 3 is 1.67 bits per heavy atom. The first kappa shape index (κ1) is 55.3. The van der Waals surface area contributed by atoms with Gasteiger partial charge in [0, 0.05) is 23.5 Å². The molecule has 0 bridgehead atoms. The lowest BCUT2D eigenvalue weighted by atomic mass is 10.1. The van der Waals surface area contributed by atoms with Crippen LogP contribution in [0.15, 0.2) is 234 Å². The maximum absolute atomic E-state index is 13.2. The molecule has 8 aromatic carbocycles. The summed E-state index contributed by atoms with van der Waals surface area (Å²) in [6, 6.07) is 54.6. The number of ether oxygens (including phenoxy) is 4. The van der Waals surface area contributed by atoms with Crippen LogP contribution in [0.3, 0.4) is 0 Å². The number of nitrogens with zero attached hydrogens (tertiary/aromatic N) is 4. The minimum absolute atomic E-state index is 0.0377. The number of nitrogens with one attached hydrogen (secondary N) is 2. The van der Waals surface area contributed by atoms with E-state index in [2.05, 4.69) is 37.1 Å². The van der Waals surface area contributed by atoms with Crippen molar-refractivity contribution in [2.24, 2.45) is 0 Å². The quantitative estimate of drug-likeness (QED) is 0.0317. The average Bonchev–Trinajstić information content (AvgIpc) is 3.51. The Labute approximate surface area is 473 Å². The summed E-state index contributed by atoms with van der Waals surface area (Å²) in [5, 5.41) is 11.8. The minimum Gasteiger partial charge on any atom is -0.443 e. The SMILES string of the molecule is C=C(\C=C(C(=C\CC)/C=C/c1ccc(Nc2cc(Oc3ccc4ccccc4c3)nc(Oc3ccc4ccccc4c3)n2)cc1S(=O)(=O)O)\S(=O)(=O)O)Nc1cc(O/C(C)=C/c2ccccc2C)nc(Oc2ccc3ccccc3c2)n1. The maximum atomic E-state index is 13.2. The monoisotopic (exact) mass is 1130 g/mol. The van der Waals surface area contributed by atoms with Gasteiger partial charge >= 0.3 is 12.0 Å².